The van der Waals surface area contributed by atoms with Crippen molar-refractivity contribution in [2.75, 3.05) is 62.9 Å². The molecular weight excluding hydrogens is 520 g/mol. The average molecular weight is 561 g/mol. The van der Waals surface area contributed by atoms with Crippen LogP contribution in [0.25, 0.3) is 17.1 Å². The fourth-order valence-corrected chi connectivity index (χ4v) is 4.50. The Morgan fingerprint density at radius 2 is 2.05 bits per heavy atom. The Morgan fingerprint density at radius 3 is 2.80 bits per heavy atom. The van der Waals surface area contributed by atoms with E-state index in [9.17, 15) is 4.79 Å². The number of rotatable bonds is 10. The van der Waals surface area contributed by atoms with Gasteiger partial charge in [-0.1, -0.05) is 36.9 Å². The monoisotopic (exact) mass is 560 g/mol. The Morgan fingerprint density at radius 1 is 1.22 bits per heavy atom. The molecule has 0 spiro atoms. The summed E-state index contributed by atoms with van der Waals surface area (Å²) in [5.41, 5.74) is 3.16. The molecule has 212 valence electrons. The minimum absolute atomic E-state index is 0.0162. The van der Waals surface area contributed by atoms with Gasteiger partial charge in [0.25, 0.3) is 0 Å². The zero-order chi connectivity index (χ0) is 33.8. The van der Waals surface area contributed by atoms with Crippen molar-refractivity contribution in [1.29, 1.82) is 0 Å². The first-order valence-corrected chi connectivity index (χ1v) is 12.9. The van der Waals surface area contributed by atoms with Crippen LogP contribution in [0.4, 0.5) is 23.0 Å². The van der Waals surface area contributed by atoms with Crippen molar-refractivity contribution >= 4 is 28.9 Å². The van der Waals surface area contributed by atoms with Gasteiger partial charge in [0.2, 0.25) is 11.9 Å². The molecule has 4 aromatic rings. The van der Waals surface area contributed by atoms with E-state index in [1.807, 2.05) is 35.2 Å². The molecule has 1 amide bonds. The molecule has 1 aliphatic heterocycles. The number of amides is 1. The normalized spacial score (nSPS) is 16.0. The largest absolute Gasteiger partial charge is 0.494 e. The lowest BCUT2D eigenvalue weighted by Gasteiger charge is -2.31. The third kappa shape index (κ3) is 6.53. The number of carbonyl (C=O) groups excluding carboxylic acids is 1. The van der Waals surface area contributed by atoms with E-state index in [-0.39, 0.29) is 23.9 Å². The summed E-state index contributed by atoms with van der Waals surface area (Å²) >= 11 is 0. The first-order chi connectivity index (χ1) is 22.3. The highest BCUT2D eigenvalue weighted by Gasteiger charge is 2.20. The summed E-state index contributed by atoms with van der Waals surface area (Å²) < 4.78 is 59.1. The number of nitrogens with one attached hydrogen (secondary N) is 2. The summed E-state index contributed by atoms with van der Waals surface area (Å²) in [6, 6.07) is 14.1. The molecule has 0 aliphatic carbocycles. The number of hydrogen-bond acceptors (Lipinski definition) is 9. The molecule has 1 fully saturated rings. The standard InChI is InChI=1S/C30H34N8O3/c1-5-28(39)32-23-17-24(26(40-4)18-25(23)37-13-15-41-16-14-37)33-30-31-12-11-27(34-30)38-20-22(19-36(2)3)29(35-38)21-9-7-6-8-10-21/h5-12,17-18,20H,1,13-16,19H2,2-4H3,(H,32,39)(H,31,33,34)/i2D3,4D3. The number of methoxy groups -OCH3 is 1. The maximum absolute atomic E-state index is 12.4. The minimum Gasteiger partial charge on any atom is -0.494 e. The summed E-state index contributed by atoms with van der Waals surface area (Å²) in [6.45, 7) is 3.26. The van der Waals surface area contributed by atoms with Crippen LogP contribution in [-0.4, -0.2) is 77.9 Å². The SMILES string of the molecule is [2H]C([2H])([2H])Oc1cc(N2CCOCC2)c(NC(=O)C=C)cc1Nc1nccc(-n2cc(CN(C)C([2H])([2H])[2H])c(-c3ccccc3)n2)n1. The Kier molecular flexibility index (Phi) is 6.49. The van der Waals surface area contributed by atoms with Crippen LogP contribution in [0.2, 0.25) is 0 Å². The predicted octanol–water partition coefficient (Wildman–Crippen LogP) is 4.10. The number of anilines is 4. The minimum atomic E-state index is -2.78. The Labute approximate surface area is 247 Å². The number of morpholine rings is 1. The first-order valence-electron chi connectivity index (χ1n) is 15.9. The van der Waals surface area contributed by atoms with Gasteiger partial charge in [-0.2, -0.15) is 10.1 Å². The van der Waals surface area contributed by atoms with Gasteiger partial charge in [0.1, 0.15) is 5.75 Å². The molecule has 41 heavy (non-hydrogen) atoms. The van der Waals surface area contributed by atoms with Gasteiger partial charge in [0, 0.05) is 59.4 Å². The van der Waals surface area contributed by atoms with Crippen LogP contribution in [0, 0.1) is 0 Å². The van der Waals surface area contributed by atoms with E-state index in [0.717, 1.165) is 11.6 Å². The fourth-order valence-electron chi connectivity index (χ4n) is 4.50. The molecule has 3 heterocycles. The van der Waals surface area contributed by atoms with Gasteiger partial charge in [-0.25, -0.2) is 9.67 Å². The molecule has 11 nitrogen and oxygen atoms in total. The zero-order valence-electron chi connectivity index (χ0n) is 28.5. The molecule has 11 heteroatoms. The van der Waals surface area contributed by atoms with Gasteiger partial charge in [0.05, 0.1) is 47.1 Å². The van der Waals surface area contributed by atoms with Crippen molar-refractivity contribution in [3.8, 4) is 22.8 Å². The number of benzene rings is 2. The number of aromatic nitrogens is 4. The molecule has 0 unspecified atom stereocenters. The van der Waals surface area contributed by atoms with Crippen LogP contribution in [-0.2, 0) is 16.1 Å². The van der Waals surface area contributed by atoms with E-state index in [1.165, 1.54) is 28.9 Å². The second-order valence-corrected chi connectivity index (χ2v) is 9.29. The second-order valence-electron chi connectivity index (χ2n) is 9.29. The molecular formula is C30H34N8O3. The van der Waals surface area contributed by atoms with Crippen molar-refractivity contribution in [2.24, 2.45) is 0 Å². The molecule has 0 radical (unpaired) electrons. The number of nitrogens with zero attached hydrogens (tertiary/aromatic N) is 6. The fraction of sp³-hybridized carbons (Fsp3) is 0.267. The molecule has 2 N–H and O–H groups in total. The van der Waals surface area contributed by atoms with Gasteiger partial charge in [-0.15, -0.1) is 0 Å². The van der Waals surface area contributed by atoms with Gasteiger partial charge in [-0.3, -0.25) is 4.79 Å². The van der Waals surface area contributed by atoms with Crippen molar-refractivity contribution in [1.82, 2.24) is 24.6 Å². The lowest BCUT2D eigenvalue weighted by molar-refractivity contribution is -0.111. The van der Waals surface area contributed by atoms with Crippen LogP contribution in [0.5, 0.6) is 5.75 Å². The topological polar surface area (TPSA) is 110 Å². The van der Waals surface area contributed by atoms with Crippen LogP contribution >= 0.6 is 0 Å². The Balaban J connectivity index is 1.54. The molecule has 5 rings (SSSR count). The Hall–Kier alpha value is -4.74. The Bertz CT molecular complexity index is 1720. The molecule has 2 aromatic heterocycles. The summed E-state index contributed by atoms with van der Waals surface area (Å²) in [6.07, 6.45) is 4.34. The summed E-state index contributed by atoms with van der Waals surface area (Å²) in [5.74, 6) is -0.0413. The van der Waals surface area contributed by atoms with Gasteiger partial charge < -0.3 is 29.9 Å². The highest BCUT2D eigenvalue weighted by Crippen LogP contribution is 2.38. The molecule has 2 aromatic carbocycles. The molecule has 0 saturated carbocycles. The van der Waals surface area contributed by atoms with Crippen molar-refractivity contribution in [3.05, 3.63) is 79.1 Å². The van der Waals surface area contributed by atoms with Crippen molar-refractivity contribution in [3.63, 3.8) is 0 Å². The van der Waals surface area contributed by atoms with Crippen LogP contribution in [0.15, 0.2) is 73.6 Å². The molecule has 0 atom stereocenters. The van der Waals surface area contributed by atoms with E-state index >= 15 is 0 Å². The van der Waals surface area contributed by atoms with Crippen molar-refractivity contribution < 1.29 is 22.5 Å². The maximum Gasteiger partial charge on any atom is 0.247 e. The van der Waals surface area contributed by atoms with Gasteiger partial charge >= 0.3 is 0 Å². The predicted molar refractivity (Wildman–Crippen MR) is 160 cm³/mol. The third-order valence-corrected chi connectivity index (χ3v) is 6.37. The zero-order valence-corrected chi connectivity index (χ0v) is 22.5. The highest BCUT2D eigenvalue weighted by atomic mass is 16.5. The second kappa shape index (κ2) is 12.6. The number of carbonyl (C=O) groups is 1. The summed E-state index contributed by atoms with van der Waals surface area (Å²) in [7, 11) is -1.27. The molecule has 1 saturated heterocycles. The summed E-state index contributed by atoms with van der Waals surface area (Å²) in [4.78, 5) is 24.5. The van der Waals surface area contributed by atoms with Gasteiger partial charge in [-0.05, 0) is 26.2 Å². The van der Waals surface area contributed by atoms with Gasteiger partial charge in [0.15, 0.2) is 5.82 Å². The lowest BCUT2D eigenvalue weighted by Crippen LogP contribution is -2.36. The van der Waals surface area contributed by atoms with E-state index in [1.54, 1.807) is 18.3 Å². The highest BCUT2D eigenvalue weighted by molar-refractivity contribution is 6.02. The molecule has 1 aliphatic rings. The molecule has 0 bridgehead atoms. The van der Waals surface area contributed by atoms with Crippen LogP contribution in [0.1, 0.15) is 13.8 Å². The third-order valence-electron chi connectivity index (χ3n) is 6.37. The number of ether oxygens (including phenoxy) is 2. The first kappa shape index (κ1) is 21.1. The van der Waals surface area contributed by atoms with Crippen LogP contribution in [0.3, 0.4) is 0 Å². The average Bonchev–Trinajstić information content (AvgIpc) is 3.46. The lowest BCUT2D eigenvalue weighted by atomic mass is 10.1. The number of hydrogen-bond donors (Lipinski definition) is 2. The van der Waals surface area contributed by atoms with Crippen molar-refractivity contribution in [2.45, 2.75) is 6.54 Å². The van der Waals surface area contributed by atoms with E-state index in [4.69, 9.17) is 22.8 Å². The van der Waals surface area contributed by atoms with E-state index in [2.05, 4.69) is 27.2 Å². The van der Waals surface area contributed by atoms with Crippen LogP contribution < -0.4 is 20.3 Å². The smallest absolute Gasteiger partial charge is 0.247 e. The van der Waals surface area contributed by atoms with E-state index in [0.29, 0.717) is 54.8 Å². The maximum atomic E-state index is 12.4. The quantitative estimate of drug-likeness (QED) is 0.277. The summed E-state index contributed by atoms with van der Waals surface area (Å²) in [5, 5.41) is 10.6. The van der Waals surface area contributed by atoms with E-state index < -0.39 is 19.9 Å².